The number of ether oxygens (including phenoxy) is 1. The summed E-state index contributed by atoms with van der Waals surface area (Å²) in [5.41, 5.74) is 2.37. The Morgan fingerprint density at radius 1 is 1.00 bits per heavy atom. The van der Waals surface area contributed by atoms with Gasteiger partial charge in [-0.2, -0.15) is 0 Å². The SMILES string of the molecule is COCCC(=O)NCCNC(=O)CCc1ccc(C)cc1. The summed E-state index contributed by atoms with van der Waals surface area (Å²) >= 11 is 0. The minimum Gasteiger partial charge on any atom is -0.384 e. The molecule has 0 heterocycles. The fourth-order valence-corrected chi connectivity index (χ4v) is 1.79. The fraction of sp³-hybridized carbons (Fsp3) is 0.500. The van der Waals surface area contributed by atoms with Gasteiger partial charge in [-0.15, -0.1) is 0 Å². The quantitative estimate of drug-likeness (QED) is 0.672. The van der Waals surface area contributed by atoms with Crippen LogP contribution in [0.25, 0.3) is 0 Å². The van der Waals surface area contributed by atoms with Crippen molar-refractivity contribution in [3.8, 4) is 0 Å². The van der Waals surface area contributed by atoms with Gasteiger partial charge in [0.1, 0.15) is 0 Å². The Kier molecular flexibility index (Phi) is 8.12. The number of rotatable bonds is 9. The Labute approximate surface area is 126 Å². The molecule has 0 fully saturated rings. The average molecular weight is 292 g/mol. The van der Waals surface area contributed by atoms with Crippen LogP contribution in [0.2, 0.25) is 0 Å². The summed E-state index contributed by atoms with van der Waals surface area (Å²) in [5.74, 6) is -0.0625. The third-order valence-electron chi connectivity index (χ3n) is 3.06. The highest BCUT2D eigenvalue weighted by Crippen LogP contribution is 2.05. The summed E-state index contributed by atoms with van der Waals surface area (Å²) < 4.78 is 4.81. The standard InChI is InChI=1S/C16H24N2O3/c1-13-3-5-14(6-4-13)7-8-15(19)17-10-11-18-16(20)9-12-21-2/h3-6H,7-12H2,1-2H3,(H,17,19)(H,18,20). The summed E-state index contributed by atoms with van der Waals surface area (Å²) in [6, 6.07) is 8.17. The van der Waals surface area contributed by atoms with Gasteiger partial charge in [-0.1, -0.05) is 29.8 Å². The first-order valence-electron chi connectivity index (χ1n) is 7.19. The molecule has 5 nitrogen and oxygen atoms in total. The van der Waals surface area contributed by atoms with Crippen molar-refractivity contribution in [2.24, 2.45) is 0 Å². The maximum atomic E-state index is 11.7. The number of carbonyl (C=O) groups is 2. The minimum atomic E-state index is -0.0641. The number of hydrogen-bond acceptors (Lipinski definition) is 3. The number of aryl methyl sites for hydroxylation is 2. The van der Waals surface area contributed by atoms with Crippen molar-refractivity contribution >= 4 is 11.8 Å². The van der Waals surface area contributed by atoms with Gasteiger partial charge in [0.15, 0.2) is 0 Å². The lowest BCUT2D eigenvalue weighted by Crippen LogP contribution is -2.35. The summed E-state index contributed by atoms with van der Waals surface area (Å²) in [5, 5.41) is 5.51. The number of hydrogen-bond donors (Lipinski definition) is 2. The second kappa shape index (κ2) is 9.94. The molecule has 21 heavy (non-hydrogen) atoms. The Bertz CT molecular complexity index is 443. The van der Waals surface area contributed by atoms with Crippen molar-refractivity contribution in [2.75, 3.05) is 26.8 Å². The van der Waals surface area contributed by atoms with E-state index in [0.29, 0.717) is 32.5 Å². The number of benzene rings is 1. The van der Waals surface area contributed by atoms with E-state index in [0.717, 1.165) is 12.0 Å². The predicted octanol–water partition coefficient (Wildman–Crippen LogP) is 1.20. The predicted molar refractivity (Wildman–Crippen MR) is 82.0 cm³/mol. The molecule has 0 unspecified atom stereocenters. The van der Waals surface area contributed by atoms with Crippen LogP contribution in [0, 0.1) is 6.92 Å². The molecule has 0 bridgehead atoms. The first kappa shape index (κ1) is 17.2. The molecule has 1 aromatic rings. The van der Waals surface area contributed by atoms with Gasteiger partial charge < -0.3 is 15.4 Å². The molecule has 1 aromatic carbocycles. The molecule has 0 saturated heterocycles. The Hall–Kier alpha value is -1.88. The van der Waals surface area contributed by atoms with Gasteiger partial charge in [0.2, 0.25) is 11.8 Å². The van der Waals surface area contributed by atoms with Gasteiger partial charge in [0.25, 0.3) is 0 Å². The smallest absolute Gasteiger partial charge is 0.222 e. The summed E-state index contributed by atoms with van der Waals surface area (Å²) in [6.07, 6.45) is 1.53. The monoisotopic (exact) mass is 292 g/mol. The van der Waals surface area contributed by atoms with Gasteiger partial charge in [-0.3, -0.25) is 9.59 Å². The topological polar surface area (TPSA) is 67.4 Å². The molecule has 0 aliphatic rings. The second-order valence-electron chi connectivity index (χ2n) is 4.93. The van der Waals surface area contributed by atoms with Crippen molar-refractivity contribution in [2.45, 2.75) is 26.2 Å². The molecule has 0 spiro atoms. The van der Waals surface area contributed by atoms with Crippen LogP contribution in [0.15, 0.2) is 24.3 Å². The van der Waals surface area contributed by atoms with Crippen LogP contribution in [0.5, 0.6) is 0 Å². The van der Waals surface area contributed by atoms with E-state index in [1.807, 2.05) is 31.2 Å². The maximum Gasteiger partial charge on any atom is 0.222 e. The Morgan fingerprint density at radius 3 is 2.14 bits per heavy atom. The summed E-state index contributed by atoms with van der Waals surface area (Å²) in [6.45, 7) is 3.34. The van der Waals surface area contributed by atoms with Gasteiger partial charge in [-0.25, -0.2) is 0 Å². The molecule has 0 radical (unpaired) electrons. The highest BCUT2D eigenvalue weighted by atomic mass is 16.5. The summed E-state index contributed by atoms with van der Waals surface area (Å²) in [4.78, 5) is 22.9. The molecule has 0 aromatic heterocycles. The first-order chi connectivity index (χ1) is 10.1. The minimum absolute atomic E-state index is 0.00159. The molecule has 2 amide bonds. The molecule has 0 aliphatic heterocycles. The number of amides is 2. The van der Waals surface area contributed by atoms with Gasteiger partial charge in [-0.05, 0) is 18.9 Å². The Morgan fingerprint density at radius 2 is 1.57 bits per heavy atom. The van der Waals surface area contributed by atoms with Crippen LogP contribution >= 0.6 is 0 Å². The highest BCUT2D eigenvalue weighted by molar-refractivity contribution is 5.77. The van der Waals surface area contributed by atoms with Crippen LogP contribution in [0.4, 0.5) is 0 Å². The van der Waals surface area contributed by atoms with Crippen molar-refractivity contribution in [3.05, 3.63) is 35.4 Å². The van der Waals surface area contributed by atoms with Gasteiger partial charge >= 0.3 is 0 Å². The molecule has 2 N–H and O–H groups in total. The molecular weight excluding hydrogens is 268 g/mol. The lowest BCUT2D eigenvalue weighted by atomic mass is 10.1. The maximum absolute atomic E-state index is 11.7. The van der Waals surface area contributed by atoms with Crippen LogP contribution in [-0.2, 0) is 20.7 Å². The van der Waals surface area contributed by atoms with Crippen molar-refractivity contribution in [1.29, 1.82) is 0 Å². The molecule has 0 aliphatic carbocycles. The molecule has 1 rings (SSSR count). The van der Waals surface area contributed by atoms with E-state index in [1.54, 1.807) is 7.11 Å². The van der Waals surface area contributed by atoms with E-state index in [9.17, 15) is 9.59 Å². The van der Waals surface area contributed by atoms with Crippen molar-refractivity contribution in [3.63, 3.8) is 0 Å². The highest BCUT2D eigenvalue weighted by Gasteiger charge is 2.03. The van der Waals surface area contributed by atoms with E-state index in [2.05, 4.69) is 10.6 Å². The third kappa shape index (κ3) is 8.09. The van der Waals surface area contributed by atoms with E-state index in [4.69, 9.17) is 4.74 Å². The largest absolute Gasteiger partial charge is 0.384 e. The zero-order valence-corrected chi connectivity index (χ0v) is 12.8. The third-order valence-corrected chi connectivity index (χ3v) is 3.06. The molecule has 0 atom stereocenters. The average Bonchev–Trinajstić information content (AvgIpc) is 2.49. The lowest BCUT2D eigenvalue weighted by molar-refractivity contribution is -0.123. The Balaban J connectivity index is 2.08. The molecule has 0 saturated carbocycles. The molecule has 116 valence electrons. The van der Waals surface area contributed by atoms with Crippen molar-refractivity contribution < 1.29 is 14.3 Å². The van der Waals surface area contributed by atoms with Crippen molar-refractivity contribution in [1.82, 2.24) is 10.6 Å². The van der Waals surface area contributed by atoms with Gasteiger partial charge in [0, 0.05) is 33.0 Å². The van der Waals surface area contributed by atoms with Gasteiger partial charge in [0.05, 0.1) is 6.61 Å². The second-order valence-corrected chi connectivity index (χ2v) is 4.93. The molecule has 5 heteroatoms. The van der Waals surface area contributed by atoms with E-state index >= 15 is 0 Å². The first-order valence-corrected chi connectivity index (χ1v) is 7.19. The van der Waals surface area contributed by atoms with E-state index in [1.165, 1.54) is 5.56 Å². The van der Waals surface area contributed by atoms with Crippen LogP contribution in [0.3, 0.4) is 0 Å². The number of carbonyl (C=O) groups excluding carboxylic acids is 2. The van der Waals surface area contributed by atoms with Crippen LogP contribution < -0.4 is 10.6 Å². The van der Waals surface area contributed by atoms with E-state index < -0.39 is 0 Å². The summed E-state index contributed by atoms with van der Waals surface area (Å²) in [7, 11) is 1.56. The molecular formula is C16H24N2O3. The zero-order chi connectivity index (χ0) is 15.5. The zero-order valence-electron chi connectivity index (χ0n) is 12.8. The number of nitrogens with one attached hydrogen (secondary N) is 2. The lowest BCUT2D eigenvalue weighted by Gasteiger charge is -2.07. The van der Waals surface area contributed by atoms with Crippen LogP contribution in [-0.4, -0.2) is 38.6 Å². The van der Waals surface area contributed by atoms with E-state index in [-0.39, 0.29) is 11.8 Å². The van der Waals surface area contributed by atoms with Crippen LogP contribution in [0.1, 0.15) is 24.0 Å². The normalized spacial score (nSPS) is 10.2. The number of methoxy groups -OCH3 is 1. The fourth-order valence-electron chi connectivity index (χ4n) is 1.79.